The van der Waals surface area contributed by atoms with Crippen molar-refractivity contribution in [2.75, 3.05) is 25.6 Å². The standard InChI is InChI=1S/C21H27N3O2S/c1-24(20-22-19-16(26-2)4-3-5-17(19)27-20)12-18(25)23-21-9-13-6-14(10-21)8-15(7-13)11-21/h3-5,13-15H,6-12H2,1-2H3,(H,23,25). The Morgan fingerprint density at radius 1 is 1.26 bits per heavy atom. The van der Waals surface area contributed by atoms with Gasteiger partial charge in [-0.3, -0.25) is 4.79 Å². The number of para-hydroxylation sites is 1. The van der Waals surface area contributed by atoms with Crippen LogP contribution in [0.4, 0.5) is 5.13 Å². The fourth-order valence-corrected chi connectivity index (χ4v) is 7.07. The first-order valence-corrected chi connectivity index (χ1v) is 10.8. The Hall–Kier alpha value is -1.82. The van der Waals surface area contributed by atoms with Crippen LogP contribution < -0.4 is 15.0 Å². The molecule has 144 valence electrons. The zero-order valence-corrected chi connectivity index (χ0v) is 16.8. The van der Waals surface area contributed by atoms with E-state index in [2.05, 4.69) is 5.32 Å². The highest BCUT2D eigenvalue weighted by Gasteiger charge is 2.51. The summed E-state index contributed by atoms with van der Waals surface area (Å²) < 4.78 is 6.49. The van der Waals surface area contributed by atoms with E-state index < -0.39 is 0 Å². The molecule has 1 amide bonds. The van der Waals surface area contributed by atoms with Gasteiger partial charge in [0.05, 0.1) is 18.4 Å². The van der Waals surface area contributed by atoms with Crippen LogP contribution in [0.15, 0.2) is 18.2 Å². The van der Waals surface area contributed by atoms with Crippen molar-refractivity contribution >= 4 is 32.6 Å². The van der Waals surface area contributed by atoms with E-state index in [0.29, 0.717) is 6.54 Å². The van der Waals surface area contributed by atoms with Gasteiger partial charge in [0.2, 0.25) is 5.91 Å². The maximum absolute atomic E-state index is 12.8. The van der Waals surface area contributed by atoms with Crippen LogP contribution in [0.25, 0.3) is 10.2 Å². The molecule has 1 aromatic carbocycles. The predicted octanol–water partition coefficient (Wildman–Crippen LogP) is 3.83. The summed E-state index contributed by atoms with van der Waals surface area (Å²) in [6.45, 7) is 0.351. The summed E-state index contributed by atoms with van der Waals surface area (Å²) >= 11 is 1.60. The van der Waals surface area contributed by atoms with Crippen LogP contribution in [-0.2, 0) is 4.79 Å². The number of carbonyl (C=O) groups is 1. The molecule has 0 atom stereocenters. The van der Waals surface area contributed by atoms with Crippen molar-refractivity contribution < 1.29 is 9.53 Å². The van der Waals surface area contributed by atoms with E-state index in [0.717, 1.165) is 38.9 Å². The molecule has 4 saturated carbocycles. The zero-order valence-electron chi connectivity index (χ0n) is 16.0. The lowest BCUT2D eigenvalue weighted by Crippen LogP contribution is -2.60. The fraction of sp³-hybridized carbons (Fsp3) is 0.619. The maximum atomic E-state index is 12.8. The predicted molar refractivity (Wildman–Crippen MR) is 108 cm³/mol. The van der Waals surface area contributed by atoms with Gasteiger partial charge in [-0.05, 0) is 68.4 Å². The number of anilines is 1. The summed E-state index contributed by atoms with van der Waals surface area (Å²) in [4.78, 5) is 19.5. The summed E-state index contributed by atoms with van der Waals surface area (Å²) in [5, 5.41) is 4.31. The zero-order chi connectivity index (χ0) is 18.6. The van der Waals surface area contributed by atoms with Gasteiger partial charge in [0.1, 0.15) is 11.3 Å². The first-order valence-electron chi connectivity index (χ1n) is 9.99. The molecule has 5 nitrogen and oxygen atoms in total. The van der Waals surface area contributed by atoms with Crippen LogP contribution in [0.1, 0.15) is 38.5 Å². The lowest BCUT2D eigenvalue weighted by atomic mass is 9.53. The first-order chi connectivity index (χ1) is 13.0. The van der Waals surface area contributed by atoms with Crippen molar-refractivity contribution in [3.8, 4) is 5.75 Å². The summed E-state index contributed by atoms with van der Waals surface area (Å²) in [5.41, 5.74) is 0.942. The summed E-state index contributed by atoms with van der Waals surface area (Å²) in [6, 6.07) is 5.94. The second kappa shape index (κ2) is 6.36. The van der Waals surface area contributed by atoms with Gasteiger partial charge >= 0.3 is 0 Å². The van der Waals surface area contributed by atoms with E-state index in [1.54, 1.807) is 18.4 Å². The number of hydrogen-bond acceptors (Lipinski definition) is 5. The average molecular weight is 386 g/mol. The van der Waals surface area contributed by atoms with E-state index in [1.807, 2.05) is 30.1 Å². The SMILES string of the molecule is COc1cccc2sc(N(C)CC(=O)NC34CC5CC(CC(C5)C3)C4)nc12. The van der Waals surface area contributed by atoms with Gasteiger partial charge in [0.15, 0.2) is 5.13 Å². The van der Waals surface area contributed by atoms with Crippen molar-refractivity contribution in [1.82, 2.24) is 10.3 Å². The van der Waals surface area contributed by atoms with Gasteiger partial charge < -0.3 is 15.0 Å². The lowest BCUT2D eigenvalue weighted by molar-refractivity contribution is -0.125. The highest BCUT2D eigenvalue weighted by molar-refractivity contribution is 7.22. The van der Waals surface area contributed by atoms with E-state index in [-0.39, 0.29) is 11.4 Å². The Morgan fingerprint density at radius 2 is 1.93 bits per heavy atom. The molecular formula is C21H27N3O2S. The van der Waals surface area contributed by atoms with Crippen molar-refractivity contribution in [3.63, 3.8) is 0 Å². The third-order valence-electron chi connectivity index (χ3n) is 6.74. The van der Waals surface area contributed by atoms with Gasteiger partial charge in [-0.1, -0.05) is 17.4 Å². The molecule has 27 heavy (non-hydrogen) atoms. The summed E-state index contributed by atoms with van der Waals surface area (Å²) in [6.07, 6.45) is 7.74. The largest absolute Gasteiger partial charge is 0.494 e. The number of nitrogens with zero attached hydrogens (tertiary/aromatic N) is 2. The molecule has 1 N–H and O–H groups in total. The molecule has 0 unspecified atom stereocenters. The minimum atomic E-state index is 0.0729. The van der Waals surface area contributed by atoms with Crippen LogP contribution in [0.5, 0.6) is 5.75 Å². The molecule has 2 aromatic rings. The number of likely N-dealkylation sites (N-methyl/N-ethyl adjacent to an activating group) is 1. The number of carbonyl (C=O) groups excluding carboxylic acids is 1. The Balaban J connectivity index is 1.28. The second-order valence-electron chi connectivity index (χ2n) is 8.91. The third-order valence-corrected chi connectivity index (χ3v) is 7.88. The fourth-order valence-electron chi connectivity index (χ4n) is 6.12. The number of amides is 1. The molecule has 4 fully saturated rings. The number of benzene rings is 1. The van der Waals surface area contributed by atoms with Crippen LogP contribution in [0, 0.1) is 17.8 Å². The molecule has 4 aliphatic carbocycles. The quantitative estimate of drug-likeness (QED) is 0.850. The number of rotatable bonds is 5. The monoisotopic (exact) mass is 385 g/mol. The molecule has 4 bridgehead atoms. The second-order valence-corrected chi connectivity index (χ2v) is 9.91. The van der Waals surface area contributed by atoms with Crippen LogP contribution >= 0.6 is 11.3 Å². The van der Waals surface area contributed by atoms with Crippen molar-refractivity contribution in [2.45, 2.75) is 44.1 Å². The Morgan fingerprint density at radius 3 is 2.56 bits per heavy atom. The number of aromatic nitrogens is 1. The van der Waals surface area contributed by atoms with Crippen molar-refractivity contribution in [1.29, 1.82) is 0 Å². The molecule has 0 spiro atoms. The molecule has 0 radical (unpaired) electrons. The molecule has 0 aliphatic heterocycles. The lowest BCUT2D eigenvalue weighted by Gasteiger charge is -2.57. The number of hydrogen-bond donors (Lipinski definition) is 1. The molecular weight excluding hydrogens is 358 g/mol. The third kappa shape index (κ3) is 3.08. The van der Waals surface area contributed by atoms with Gasteiger partial charge in [-0.25, -0.2) is 4.98 Å². The first kappa shape index (κ1) is 17.3. The Bertz CT molecular complexity index is 842. The summed E-state index contributed by atoms with van der Waals surface area (Å²) in [5.74, 6) is 3.43. The van der Waals surface area contributed by atoms with Crippen molar-refractivity contribution in [3.05, 3.63) is 18.2 Å². The highest BCUT2D eigenvalue weighted by atomic mass is 32.1. The van der Waals surface area contributed by atoms with Gasteiger partial charge in [0.25, 0.3) is 0 Å². The molecule has 0 saturated heterocycles. The Labute approximate surface area is 164 Å². The number of ether oxygens (including phenoxy) is 1. The topological polar surface area (TPSA) is 54.5 Å². The molecule has 6 rings (SSSR count). The van der Waals surface area contributed by atoms with Crippen LogP contribution in [-0.4, -0.2) is 37.1 Å². The highest BCUT2D eigenvalue weighted by Crippen LogP contribution is 2.55. The number of methoxy groups -OCH3 is 1. The number of fused-ring (bicyclic) bond motifs is 1. The summed E-state index contributed by atoms with van der Waals surface area (Å²) in [7, 11) is 3.61. The normalized spacial score (nSPS) is 31.3. The Kier molecular flexibility index (Phi) is 4.08. The van der Waals surface area contributed by atoms with Crippen molar-refractivity contribution in [2.24, 2.45) is 17.8 Å². The number of thiazole rings is 1. The minimum Gasteiger partial charge on any atom is -0.494 e. The van der Waals surface area contributed by atoms with Crippen LogP contribution in [0.3, 0.4) is 0 Å². The molecule has 1 aromatic heterocycles. The van der Waals surface area contributed by atoms with E-state index >= 15 is 0 Å². The van der Waals surface area contributed by atoms with E-state index in [4.69, 9.17) is 9.72 Å². The molecule has 1 heterocycles. The van der Waals surface area contributed by atoms with Gasteiger partial charge in [-0.2, -0.15) is 0 Å². The number of nitrogens with one attached hydrogen (secondary N) is 1. The van der Waals surface area contributed by atoms with E-state index in [1.165, 1.54) is 38.5 Å². The maximum Gasteiger partial charge on any atom is 0.240 e. The molecule has 6 heteroatoms. The smallest absolute Gasteiger partial charge is 0.240 e. The van der Waals surface area contributed by atoms with E-state index in [9.17, 15) is 4.79 Å². The molecule has 4 aliphatic rings. The minimum absolute atomic E-state index is 0.0729. The van der Waals surface area contributed by atoms with Gasteiger partial charge in [-0.15, -0.1) is 0 Å². The average Bonchev–Trinajstić information content (AvgIpc) is 3.04. The van der Waals surface area contributed by atoms with Gasteiger partial charge in [0, 0.05) is 12.6 Å². The van der Waals surface area contributed by atoms with Crippen LogP contribution in [0.2, 0.25) is 0 Å².